The second kappa shape index (κ2) is 14.2. The number of anilines is 1. The normalized spacial score (nSPS) is 12.1. The maximum absolute atomic E-state index is 14.1. The van der Waals surface area contributed by atoms with Crippen LogP contribution in [0.15, 0.2) is 77.7 Å². The summed E-state index contributed by atoms with van der Waals surface area (Å²) in [7, 11) is -4.13. The Labute approximate surface area is 244 Å². The highest BCUT2D eigenvalue weighted by molar-refractivity contribution is 7.92. The second-order valence-electron chi connectivity index (χ2n) is 10.3. The van der Waals surface area contributed by atoms with E-state index in [0.717, 1.165) is 21.0 Å². The average molecular weight is 580 g/mol. The molecule has 8 nitrogen and oxygen atoms in total. The summed E-state index contributed by atoms with van der Waals surface area (Å²) in [4.78, 5) is 29.0. The minimum Gasteiger partial charge on any atom is -0.494 e. The van der Waals surface area contributed by atoms with Gasteiger partial charge in [-0.15, -0.1) is 0 Å². The standard InChI is InChI=1S/C32H41N3O5S/c1-7-30(32(37)33-23(3)4)34(21-26-12-10-9-11-25(26)6)31(36)22-35(27-15-17-28(18-16-27)40-8-2)41(38,39)29-19-13-24(5)14-20-29/h9-20,23,30H,7-8,21-22H2,1-6H3,(H,33,37)/t30-/m0/s1. The molecule has 1 N–H and O–H groups in total. The molecule has 0 unspecified atom stereocenters. The van der Waals surface area contributed by atoms with Gasteiger partial charge in [-0.2, -0.15) is 0 Å². The molecule has 1 atom stereocenters. The lowest BCUT2D eigenvalue weighted by Crippen LogP contribution is -2.53. The molecule has 0 saturated heterocycles. The number of hydrogen-bond acceptors (Lipinski definition) is 5. The summed E-state index contributed by atoms with van der Waals surface area (Å²) in [5, 5.41) is 2.92. The molecule has 9 heteroatoms. The number of carbonyl (C=O) groups excluding carboxylic acids is 2. The Balaban J connectivity index is 2.07. The molecule has 0 aromatic heterocycles. The Morgan fingerprint density at radius 2 is 1.54 bits per heavy atom. The largest absolute Gasteiger partial charge is 0.494 e. The molecule has 2 amide bonds. The highest BCUT2D eigenvalue weighted by Crippen LogP contribution is 2.27. The van der Waals surface area contributed by atoms with Gasteiger partial charge in [0.05, 0.1) is 17.2 Å². The summed E-state index contributed by atoms with van der Waals surface area (Å²) in [5.74, 6) is -0.171. The Morgan fingerprint density at radius 3 is 2.10 bits per heavy atom. The quantitative estimate of drug-likeness (QED) is 0.299. The molecule has 3 rings (SSSR count). The number of rotatable bonds is 13. The van der Waals surface area contributed by atoms with Crippen LogP contribution in [0.1, 0.15) is 50.8 Å². The fourth-order valence-electron chi connectivity index (χ4n) is 4.51. The van der Waals surface area contributed by atoms with Crippen LogP contribution in [0.3, 0.4) is 0 Å². The van der Waals surface area contributed by atoms with Gasteiger partial charge < -0.3 is 15.0 Å². The number of sulfonamides is 1. The predicted molar refractivity (Wildman–Crippen MR) is 162 cm³/mol. The van der Waals surface area contributed by atoms with Crippen LogP contribution in [0.25, 0.3) is 0 Å². The van der Waals surface area contributed by atoms with E-state index in [1.165, 1.54) is 17.0 Å². The predicted octanol–water partition coefficient (Wildman–Crippen LogP) is 5.23. The van der Waals surface area contributed by atoms with Crippen LogP contribution in [-0.2, 0) is 26.2 Å². The number of amides is 2. The topological polar surface area (TPSA) is 96.0 Å². The van der Waals surface area contributed by atoms with E-state index in [-0.39, 0.29) is 23.4 Å². The molecule has 0 heterocycles. The third-order valence-corrected chi connectivity index (χ3v) is 8.53. The molecule has 0 saturated carbocycles. The smallest absolute Gasteiger partial charge is 0.264 e. The van der Waals surface area contributed by atoms with E-state index in [0.29, 0.717) is 24.5 Å². The molecular formula is C32H41N3O5S. The van der Waals surface area contributed by atoms with E-state index < -0.39 is 28.5 Å². The van der Waals surface area contributed by atoms with Gasteiger partial charge in [-0.1, -0.05) is 48.9 Å². The minimum atomic E-state index is -4.13. The summed E-state index contributed by atoms with van der Waals surface area (Å²) < 4.78 is 34.6. The molecule has 0 fully saturated rings. The molecule has 0 aliphatic rings. The van der Waals surface area contributed by atoms with E-state index in [4.69, 9.17) is 4.74 Å². The van der Waals surface area contributed by atoms with Crippen molar-refractivity contribution in [2.75, 3.05) is 17.5 Å². The zero-order valence-corrected chi connectivity index (χ0v) is 25.6. The van der Waals surface area contributed by atoms with Gasteiger partial charge in [-0.25, -0.2) is 8.42 Å². The molecule has 0 aliphatic heterocycles. The highest BCUT2D eigenvalue weighted by atomic mass is 32.2. The van der Waals surface area contributed by atoms with Crippen LogP contribution in [0, 0.1) is 13.8 Å². The Kier molecular flexibility index (Phi) is 10.9. The number of nitrogens with zero attached hydrogens (tertiary/aromatic N) is 2. The lowest BCUT2D eigenvalue weighted by atomic mass is 10.1. The van der Waals surface area contributed by atoms with Gasteiger partial charge in [0.2, 0.25) is 11.8 Å². The third kappa shape index (κ3) is 8.10. The molecule has 41 heavy (non-hydrogen) atoms. The Bertz CT molecular complexity index is 1420. The molecule has 0 radical (unpaired) electrons. The van der Waals surface area contributed by atoms with Crippen molar-refractivity contribution >= 4 is 27.5 Å². The van der Waals surface area contributed by atoms with Gasteiger partial charge in [0.25, 0.3) is 10.0 Å². The van der Waals surface area contributed by atoms with Crippen LogP contribution in [0.2, 0.25) is 0 Å². The summed E-state index contributed by atoms with van der Waals surface area (Å²) in [6, 6.07) is 19.9. The van der Waals surface area contributed by atoms with Crippen molar-refractivity contribution in [3.63, 3.8) is 0 Å². The van der Waals surface area contributed by atoms with Crippen molar-refractivity contribution in [3.05, 3.63) is 89.5 Å². The zero-order chi connectivity index (χ0) is 30.2. The lowest BCUT2D eigenvalue weighted by molar-refractivity contribution is -0.140. The van der Waals surface area contributed by atoms with Gasteiger partial charge in [0.15, 0.2) is 0 Å². The van der Waals surface area contributed by atoms with Crippen molar-refractivity contribution in [1.82, 2.24) is 10.2 Å². The van der Waals surface area contributed by atoms with Gasteiger partial charge in [0, 0.05) is 12.6 Å². The van der Waals surface area contributed by atoms with Gasteiger partial charge in [-0.05, 0) is 88.6 Å². The lowest BCUT2D eigenvalue weighted by Gasteiger charge is -2.34. The number of aryl methyl sites for hydroxylation is 2. The first-order valence-electron chi connectivity index (χ1n) is 13.9. The number of benzene rings is 3. The zero-order valence-electron chi connectivity index (χ0n) is 24.8. The number of ether oxygens (including phenoxy) is 1. The van der Waals surface area contributed by atoms with E-state index in [1.807, 2.05) is 65.8 Å². The first-order valence-corrected chi connectivity index (χ1v) is 15.4. The Hall–Kier alpha value is -3.85. The van der Waals surface area contributed by atoms with Crippen molar-refractivity contribution in [3.8, 4) is 5.75 Å². The van der Waals surface area contributed by atoms with Crippen LogP contribution in [-0.4, -0.2) is 50.4 Å². The fraction of sp³-hybridized carbons (Fsp3) is 0.375. The second-order valence-corrected chi connectivity index (χ2v) is 12.1. The van der Waals surface area contributed by atoms with Crippen LogP contribution in [0.5, 0.6) is 5.75 Å². The number of hydrogen-bond donors (Lipinski definition) is 1. The van der Waals surface area contributed by atoms with E-state index in [1.54, 1.807) is 36.4 Å². The van der Waals surface area contributed by atoms with Crippen molar-refractivity contribution in [2.24, 2.45) is 0 Å². The molecule has 0 spiro atoms. The maximum Gasteiger partial charge on any atom is 0.264 e. The van der Waals surface area contributed by atoms with Gasteiger partial charge in [0.1, 0.15) is 18.3 Å². The minimum absolute atomic E-state index is 0.0693. The fourth-order valence-corrected chi connectivity index (χ4v) is 5.93. The highest BCUT2D eigenvalue weighted by Gasteiger charge is 2.34. The van der Waals surface area contributed by atoms with Gasteiger partial charge in [-0.3, -0.25) is 13.9 Å². The van der Waals surface area contributed by atoms with Crippen LogP contribution in [0.4, 0.5) is 5.69 Å². The van der Waals surface area contributed by atoms with Crippen molar-refractivity contribution in [1.29, 1.82) is 0 Å². The average Bonchev–Trinajstić information content (AvgIpc) is 2.93. The number of carbonyl (C=O) groups is 2. The number of nitrogens with one attached hydrogen (secondary N) is 1. The molecule has 3 aromatic rings. The molecule has 0 aliphatic carbocycles. The summed E-state index contributed by atoms with van der Waals surface area (Å²) in [6.07, 6.45) is 0.365. The summed E-state index contributed by atoms with van der Waals surface area (Å²) >= 11 is 0. The first kappa shape index (κ1) is 31.7. The van der Waals surface area contributed by atoms with E-state index in [9.17, 15) is 18.0 Å². The van der Waals surface area contributed by atoms with E-state index >= 15 is 0 Å². The molecule has 0 bridgehead atoms. The van der Waals surface area contributed by atoms with Gasteiger partial charge >= 0.3 is 0 Å². The van der Waals surface area contributed by atoms with E-state index in [2.05, 4.69) is 5.32 Å². The maximum atomic E-state index is 14.1. The summed E-state index contributed by atoms with van der Waals surface area (Å²) in [5.41, 5.74) is 3.09. The van der Waals surface area contributed by atoms with Crippen LogP contribution < -0.4 is 14.4 Å². The summed E-state index contributed by atoms with van der Waals surface area (Å²) in [6.45, 7) is 11.4. The Morgan fingerprint density at radius 1 is 0.902 bits per heavy atom. The third-order valence-electron chi connectivity index (χ3n) is 6.74. The van der Waals surface area contributed by atoms with Crippen molar-refractivity contribution in [2.45, 2.75) is 71.5 Å². The van der Waals surface area contributed by atoms with Crippen LogP contribution >= 0.6 is 0 Å². The monoisotopic (exact) mass is 579 g/mol. The molecule has 220 valence electrons. The molecule has 3 aromatic carbocycles. The first-order chi connectivity index (χ1) is 19.5. The van der Waals surface area contributed by atoms with Crippen molar-refractivity contribution < 1.29 is 22.7 Å². The SMILES string of the molecule is CCOc1ccc(N(CC(=O)N(Cc2ccccc2C)[C@@H](CC)C(=O)NC(C)C)S(=O)(=O)c2ccc(C)cc2)cc1. The molecular weight excluding hydrogens is 538 g/mol.